The molecule has 0 fully saturated rings. The number of ether oxygens (including phenoxy) is 1. The van der Waals surface area contributed by atoms with E-state index < -0.39 is 0 Å². The lowest BCUT2D eigenvalue weighted by Crippen LogP contribution is -1.95. The maximum Gasteiger partial charge on any atom is 0.0822 e. The van der Waals surface area contributed by atoms with Gasteiger partial charge < -0.3 is 4.74 Å². The minimum absolute atomic E-state index is 0.0404. The SMILES string of the molecule is [O]CCCCCOCc1ccccc1. The molecule has 2 heteroatoms. The van der Waals surface area contributed by atoms with Crippen molar-refractivity contribution in [2.45, 2.75) is 25.9 Å². The highest BCUT2D eigenvalue weighted by atomic mass is 16.5. The topological polar surface area (TPSA) is 29.1 Å². The van der Waals surface area contributed by atoms with Crippen LogP contribution in [0.2, 0.25) is 0 Å². The van der Waals surface area contributed by atoms with Gasteiger partial charge in [-0.15, -0.1) is 0 Å². The standard InChI is InChI=1S/C12H17O2/c13-9-5-2-6-10-14-11-12-7-3-1-4-8-12/h1,3-4,7-8H,2,5-6,9-11H2. The summed E-state index contributed by atoms with van der Waals surface area (Å²) in [5.41, 5.74) is 1.20. The number of unbranched alkanes of at least 4 members (excludes halogenated alkanes) is 2. The third kappa shape index (κ3) is 5.00. The molecule has 1 aromatic rings. The maximum absolute atomic E-state index is 10.1. The molecule has 0 aromatic heterocycles. The molecule has 0 saturated heterocycles. The third-order valence-electron chi connectivity index (χ3n) is 2.04. The molecule has 0 aliphatic rings. The van der Waals surface area contributed by atoms with Crippen molar-refractivity contribution in [3.8, 4) is 0 Å². The highest BCUT2D eigenvalue weighted by Gasteiger charge is 1.92. The van der Waals surface area contributed by atoms with Gasteiger partial charge in [0, 0.05) is 6.61 Å². The van der Waals surface area contributed by atoms with Gasteiger partial charge in [-0.1, -0.05) is 30.3 Å². The van der Waals surface area contributed by atoms with Gasteiger partial charge in [-0.25, -0.2) is 5.11 Å². The van der Waals surface area contributed by atoms with E-state index in [-0.39, 0.29) is 6.61 Å². The number of hydrogen-bond donors (Lipinski definition) is 0. The summed E-state index contributed by atoms with van der Waals surface area (Å²) in [5, 5.41) is 10.1. The van der Waals surface area contributed by atoms with Gasteiger partial charge in [0.1, 0.15) is 0 Å². The van der Waals surface area contributed by atoms with E-state index in [2.05, 4.69) is 12.1 Å². The molecule has 2 nitrogen and oxygen atoms in total. The van der Waals surface area contributed by atoms with Crippen LogP contribution in [0.25, 0.3) is 0 Å². The first kappa shape index (κ1) is 11.2. The molecule has 14 heavy (non-hydrogen) atoms. The highest BCUT2D eigenvalue weighted by molar-refractivity contribution is 5.13. The third-order valence-corrected chi connectivity index (χ3v) is 2.04. The predicted molar refractivity (Wildman–Crippen MR) is 55.5 cm³/mol. The van der Waals surface area contributed by atoms with Gasteiger partial charge >= 0.3 is 0 Å². The summed E-state index contributed by atoms with van der Waals surface area (Å²) < 4.78 is 5.46. The maximum atomic E-state index is 10.1. The van der Waals surface area contributed by atoms with Gasteiger partial charge in [0.2, 0.25) is 0 Å². The molecule has 0 atom stereocenters. The molecule has 77 valence electrons. The van der Waals surface area contributed by atoms with Crippen molar-refractivity contribution in [3.05, 3.63) is 35.9 Å². The normalized spacial score (nSPS) is 10.4. The van der Waals surface area contributed by atoms with E-state index in [1.54, 1.807) is 0 Å². The summed E-state index contributed by atoms with van der Waals surface area (Å²) in [4.78, 5) is 0. The Kier molecular flexibility index (Phi) is 6.04. The second-order valence-electron chi connectivity index (χ2n) is 3.30. The van der Waals surface area contributed by atoms with Gasteiger partial charge in [0.05, 0.1) is 13.2 Å². The Bertz CT molecular complexity index is 221. The minimum atomic E-state index is 0.0404. The zero-order chi connectivity index (χ0) is 10.1. The summed E-state index contributed by atoms with van der Waals surface area (Å²) in [5.74, 6) is 0. The Morgan fingerprint density at radius 3 is 2.50 bits per heavy atom. The van der Waals surface area contributed by atoms with Crippen molar-refractivity contribution in [1.29, 1.82) is 0 Å². The smallest absolute Gasteiger partial charge is 0.0822 e. The summed E-state index contributed by atoms with van der Waals surface area (Å²) >= 11 is 0. The van der Waals surface area contributed by atoms with Crippen LogP contribution in [0, 0.1) is 0 Å². The van der Waals surface area contributed by atoms with Crippen molar-refractivity contribution >= 4 is 0 Å². The van der Waals surface area contributed by atoms with Crippen molar-refractivity contribution in [1.82, 2.24) is 0 Å². The molecule has 0 aliphatic carbocycles. The lowest BCUT2D eigenvalue weighted by atomic mass is 10.2. The van der Waals surface area contributed by atoms with Gasteiger partial charge in [0.15, 0.2) is 0 Å². The van der Waals surface area contributed by atoms with E-state index in [0.29, 0.717) is 6.61 Å². The fraction of sp³-hybridized carbons (Fsp3) is 0.500. The molecule has 0 unspecified atom stereocenters. The number of benzene rings is 1. The van der Waals surface area contributed by atoms with Gasteiger partial charge in [0.25, 0.3) is 0 Å². The van der Waals surface area contributed by atoms with Crippen LogP contribution < -0.4 is 0 Å². The van der Waals surface area contributed by atoms with Crippen LogP contribution in [0.15, 0.2) is 30.3 Å². The van der Waals surface area contributed by atoms with Gasteiger partial charge in [-0.05, 0) is 24.8 Å². The summed E-state index contributed by atoms with van der Waals surface area (Å²) in [6, 6.07) is 10.1. The molecule has 1 radical (unpaired) electrons. The van der Waals surface area contributed by atoms with Gasteiger partial charge in [-0.2, -0.15) is 0 Å². The average molecular weight is 193 g/mol. The predicted octanol–water partition coefficient (Wildman–Crippen LogP) is 2.80. The molecule has 0 amide bonds. The molecule has 0 saturated carbocycles. The van der Waals surface area contributed by atoms with Crippen LogP contribution in [-0.4, -0.2) is 13.2 Å². The zero-order valence-corrected chi connectivity index (χ0v) is 8.45. The Balaban J connectivity index is 1.99. The first-order valence-corrected chi connectivity index (χ1v) is 5.13. The van der Waals surface area contributed by atoms with Crippen molar-refractivity contribution in [2.24, 2.45) is 0 Å². The number of hydrogen-bond acceptors (Lipinski definition) is 1. The number of rotatable bonds is 7. The summed E-state index contributed by atoms with van der Waals surface area (Å²) in [6.07, 6.45) is 2.75. The fourth-order valence-corrected chi connectivity index (χ4v) is 1.25. The summed E-state index contributed by atoms with van der Waals surface area (Å²) in [7, 11) is 0. The average Bonchev–Trinajstić information content (AvgIpc) is 2.25. The monoisotopic (exact) mass is 193 g/mol. The van der Waals surface area contributed by atoms with Crippen LogP contribution in [-0.2, 0) is 16.5 Å². The van der Waals surface area contributed by atoms with Crippen LogP contribution in [0.5, 0.6) is 0 Å². The quantitative estimate of drug-likeness (QED) is 0.612. The lowest BCUT2D eigenvalue weighted by molar-refractivity contribution is 0.113. The van der Waals surface area contributed by atoms with E-state index in [1.165, 1.54) is 5.56 Å². The van der Waals surface area contributed by atoms with E-state index in [9.17, 15) is 5.11 Å². The second kappa shape index (κ2) is 7.54. The van der Waals surface area contributed by atoms with Crippen molar-refractivity contribution < 1.29 is 9.84 Å². The molecular formula is C12H17O2. The molecule has 0 aliphatic heterocycles. The van der Waals surface area contributed by atoms with Gasteiger partial charge in [-0.3, -0.25) is 0 Å². The van der Waals surface area contributed by atoms with E-state index in [0.717, 1.165) is 25.9 Å². The molecule has 0 N–H and O–H groups in total. The molecule has 1 aromatic carbocycles. The van der Waals surface area contributed by atoms with E-state index >= 15 is 0 Å². The van der Waals surface area contributed by atoms with Crippen molar-refractivity contribution in [2.75, 3.05) is 13.2 Å². The summed E-state index contributed by atoms with van der Waals surface area (Å²) in [6.45, 7) is 1.48. The molecule has 1 rings (SSSR count). The first-order chi connectivity index (χ1) is 6.93. The largest absolute Gasteiger partial charge is 0.377 e. The second-order valence-corrected chi connectivity index (χ2v) is 3.30. The molecule has 0 spiro atoms. The van der Waals surface area contributed by atoms with Crippen LogP contribution in [0.1, 0.15) is 24.8 Å². The van der Waals surface area contributed by atoms with Crippen molar-refractivity contribution in [3.63, 3.8) is 0 Å². The Morgan fingerprint density at radius 2 is 1.79 bits per heavy atom. The first-order valence-electron chi connectivity index (χ1n) is 5.13. The van der Waals surface area contributed by atoms with E-state index in [1.807, 2.05) is 18.2 Å². The fourth-order valence-electron chi connectivity index (χ4n) is 1.25. The Morgan fingerprint density at radius 1 is 1.00 bits per heavy atom. The van der Waals surface area contributed by atoms with E-state index in [4.69, 9.17) is 4.74 Å². The minimum Gasteiger partial charge on any atom is -0.377 e. The molecule has 0 bridgehead atoms. The lowest BCUT2D eigenvalue weighted by Gasteiger charge is -2.03. The Hall–Kier alpha value is -0.860. The zero-order valence-electron chi connectivity index (χ0n) is 8.45. The van der Waals surface area contributed by atoms with Crippen LogP contribution in [0.4, 0.5) is 0 Å². The van der Waals surface area contributed by atoms with Crippen LogP contribution >= 0.6 is 0 Å². The highest BCUT2D eigenvalue weighted by Crippen LogP contribution is 2.02. The molecular weight excluding hydrogens is 176 g/mol. The Labute approximate surface area is 85.5 Å². The van der Waals surface area contributed by atoms with Crippen LogP contribution in [0.3, 0.4) is 0 Å². The molecule has 0 heterocycles.